The van der Waals surface area contributed by atoms with Gasteiger partial charge in [-0.2, -0.15) is 0 Å². The molecule has 0 radical (unpaired) electrons. The van der Waals surface area contributed by atoms with Crippen molar-refractivity contribution in [2.45, 2.75) is 12.8 Å². The molecule has 4 amide bonds. The standard InChI is InChI=1S/C13H20N4O4/c14-11(19)10-1-3-16(4-2-10)12(20)13(21)17-7-5-15(9-18)6-8-17/h9-10H,1-8H2,(H2,14,19). The maximum atomic E-state index is 12.2. The van der Waals surface area contributed by atoms with Crippen LogP contribution in [0.15, 0.2) is 0 Å². The highest BCUT2D eigenvalue weighted by molar-refractivity contribution is 6.34. The fourth-order valence-corrected chi connectivity index (χ4v) is 2.67. The molecule has 0 aromatic carbocycles. The summed E-state index contributed by atoms with van der Waals surface area (Å²) in [4.78, 5) is 50.5. The molecule has 0 aromatic rings. The van der Waals surface area contributed by atoms with Crippen molar-refractivity contribution in [2.75, 3.05) is 39.3 Å². The zero-order valence-electron chi connectivity index (χ0n) is 11.9. The molecule has 0 aromatic heterocycles. The molecular weight excluding hydrogens is 276 g/mol. The first kappa shape index (κ1) is 15.3. The molecule has 2 aliphatic rings. The summed E-state index contributed by atoms with van der Waals surface area (Å²) in [5.41, 5.74) is 5.24. The van der Waals surface area contributed by atoms with Gasteiger partial charge in [-0.3, -0.25) is 19.2 Å². The number of rotatable bonds is 2. The molecule has 2 heterocycles. The van der Waals surface area contributed by atoms with E-state index < -0.39 is 11.8 Å². The van der Waals surface area contributed by atoms with Crippen molar-refractivity contribution in [3.63, 3.8) is 0 Å². The number of piperazine rings is 1. The first-order valence-corrected chi connectivity index (χ1v) is 7.09. The van der Waals surface area contributed by atoms with Gasteiger partial charge in [0.15, 0.2) is 0 Å². The fourth-order valence-electron chi connectivity index (χ4n) is 2.67. The summed E-state index contributed by atoms with van der Waals surface area (Å²) in [6, 6.07) is 0. The van der Waals surface area contributed by atoms with E-state index in [-0.39, 0.29) is 11.8 Å². The van der Waals surface area contributed by atoms with E-state index in [4.69, 9.17) is 5.73 Å². The van der Waals surface area contributed by atoms with E-state index in [2.05, 4.69) is 0 Å². The number of nitrogens with two attached hydrogens (primary N) is 1. The number of carbonyl (C=O) groups excluding carboxylic acids is 4. The second-order valence-corrected chi connectivity index (χ2v) is 5.40. The van der Waals surface area contributed by atoms with Crippen molar-refractivity contribution < 1.29 is 19.2 Å². The predicted octanol–water partition coefficient (Wildman–Crippen LogP) is -1.99. The van der Waals surface area contributed by atoms with Gasteiger partial charge in [-0.05, 0) is 12.8 Å². The summed E-state index contributed by atoms with van der Waals surface area (Å²) < 4.78 is 0. The van der Waals surface area contributed by atoms with Gasteiger partial charge in [0, 0.05) is 45.2 Å². The third-order valence-corrected chi connectivity index (χ3v) is 4.12. The molecule has 0 unspecified atom stereocenters. The second-order valence-electron chi connectivity index (χ2n) is 5.40. The second kappa shape index (κ2) is 6.55. The summed E-state index contributed by atoms with van der Waals surface area (Å²) in [6.07, 6.45) is 1.76. The number of amides is 4. The van der Waals surface area contributed by atoms with Crippen molar-refractivity contribution in [1.82, 2.24) is 14.7 Å². The Morgan fingerprint density at radius 3 is 1.76 bits per heavy atom. The average Bonchev–Trinajstić information content (AvgIpc) is 2.53. The lowest BCUT2D eigenvalue weighted by atomic mass is 9.96. The Bertz CT molecular complexity index is 437. The SMILES string of the molecule is NC(=O)C1CCN(C(=O)C(=O)N2CCN(C=O)CC2)CC1. The van der Waals surface area contributed by atoms with Crippen molar-refractivity contribution in [1.29, 1.82) is 0 Å². The predicted molar refractivity (Wildman–Crippen MR) is 72.7 cm³/mol. The largest absolute Gasteiger partial charge is 0.369 e. The van der Waals surface area contributed by atoms with Crippen molar-refractivity contribution in [3.8, 4) is 0 Å². The third kappa shape index (κ3) is 3.50. The molecule has 8 heteroatoms. The molecule has 0 bridgehead atoms. The van der Waals surface area contributed by atoms with Crippen LogP contribution in [0.1, 0.15) is 12.8 Å². The third-order valence-electron chi connectivity index (χ3n) is 4.12. The van der Waals surface area contributed by atoms with Gasteiger partial charge >= 0.3 is 11.8 Å². The van der Waals surface area contributed by atoms with Crippen LogP contribution >= 0.6 is 0 Å². The maximum absolute atomic E-state index is 12.2. The lowest BCUT2D eigenvalue weighted by molar-refractivity contribution is -0.154. The molecule has 8 nitrogen and oxygen atoms in total. The zero-order valence-corrected chi connectivity index (χ0v) is 11.9. The van der Waals surface area contributed by atoms with Crippen LogP contribution in [0.4, 0.5) is 0 Å². The Labute approximate surface area is 122 Å². The van der Waals surface area contributed by atoms with Crippen molar-refractivity contribution in [3.05, 3.63) is 0 Å². The highest BCUT2D eigenvalue weighted by Gasteiger charge is 2.32. The molecular formula is C13H20N4O4. The van der Waals surface area contributed by atoms with Gasteiger partial charge in [0.1, 0.15) is 0 Å². The number of primary amides is 1. The van der Waals surface area contributed by atoms with Crippen LogP contribution in [0.3, 0.4) is 0 Å². The van der Waals surface area contributed by atoms with E-state index in [0.29, 0.717) is 52.1 Å². The summed E-state index contributed by atoms with van der Waals surface area (Å²) in [5.74, 6) is -1.62. The van der Waals surface area contributed by atoms with Gasteiger partial charge < -0.3 is 20.4 Å². The van der Waals surface area contributed by atoms with Crippen molar-refractivity contribution in [2.24, 2.45) is 11.7 Å². The van der Waals surface area contributed by atoms with Crippen molar-refractivity contribution >= 4 is 24.1 Å². The van der Waals surface area contributed by atoms with E-state index in [1.165, 1.54) is 9.80 Å². The summed E-state index contributed by atoms with van der Waals surface area (Å²) in [5, 5.41) is 0. The highest BCUT2D eigenvalue weighted by atomic mass is 16.2. The Morgan fingerprint density at radius 1 is 0.857 bits per heavy atom. The molecule has 0 atom stereocenters. The molecule has 116 valence electrons. The molecule has 2 N–H and O–H groups in total. The van der Waals surface area contributed by atoms with Gasteiger partial charge in [-0.1, -0.05) is 0 Å². The van der Waals surface area contributed by atoms with Gasteiger partial charge in [-0.25, -0.2) is 0 Å². The van der Waals surface area contributed by atoms with E-state index in [1.54, 1.807) is 4.90 Å². The number of carbonyl (C=O) groups is 4. The van der Waals surface area contributed by atoms with Crippen LogP contribution in [-0.4, -0.2) is 78.1 Å². The van der Waals surface area contributed by atoms with Crippen LogP contribution in [0.5, 0.6) is 0 Å². The quantitative estimate of drug-likeness (QED) is 0.470. The number of nitrogens with zero attached hydrogens (tertiary/aromatic N) is 3. The van der Waals surface area contributed by atoms with E-state index in [0.717, 1.165) is 6.41 Å². The normalized spacial score (nSPS) is 20.3. The topological polar surface area (TPSA) is 104 Å². The molecule has 0 spiro atoms. The van der Waals surface area contributed by atoms with E-state index >= 15 is 0 Å². The lowest BCUT2D eigenvalue weighted by Crippen LogP contribution is -2.54. The minimum absolute atomic E-state index is 0.208. The zero-order chi connectivity index (χ0) is 15.4. The molecule has 21 heavy (non-hydrogen) atoms. The Balaban J connectivity index is 1.85. The van der Waals surface area contributed by atoms with Gasteiger partial charge in [-0.15, -0.1) is 0 Å². The summed E-state index contributed by atoms with van der Waals surface area (Å²) in [7, 11) is 0. The molecule has 2 aliphatic heterocycles. The van der Waals surface area contributed by atoms with Crippen LogP contribution in [0.2, 0.25) is 0 Å². The molecule has 2 saturated heterocycles. The van der Waals surface area contributed by atoms with E-state index in [9.17, 15) is 19.2 Å². The van der Waals surface area contributed by atoms with Crippen LogP contribution in [-0.2, 0) is 19.2 Å². The smallest absolute Gasteiger partial charge is 0.312 e. The minimum Gasteiger partial charge on any atom is -0.369 e. The van der Waals surface area contributed by atoms with Crippen LogP contribution < -0.4 is 5.73 Å². The van der Waals surface area contributed by atoms with Gasteiger partial charge in [0.2, 0.25) is 12.3 Å². The average molecular weight is 296 g/mol. The summed E-state index contributed by atoms with van der Waals surface area (Å²) >= 11 is 0. The monoisotopic (exact) mass is 296 g/mol. The Kier molecular flexibility index (Phi) is 4.77. The Morgan fingerprint density at radius 2 is 1.33 bits per heavy atom. The first-order valence-electron chi connectivity index (χ1n) is 7.09. The number of hydrogen-bond donors (Lipinski definition) is 1. The van der Waals surface area contributed by atoms with Gasteiger partial charge in [0.25, 0.3) is 0 Å². The molecule has 2 fully saturated rings. The first-order chi connectivity index (χ1) is 10.0. The number of likely N-dealkylation sites (tertiary alicyclic amines) is 1. The van der Waals surface area contributed by atoms with E-state index in [1.807, 2.05) is 0 Å². The molecule has 0 saturated carbocycles. The van der Waals surface area contributed by atoms with Crippen LogP contribution in [0.25, 0.3) is 0 Å². The molecule has 0 aliphatic carbocycles. The Hall–Kier alpha value is -2.12. The van der Waals surface area contributed by atoms with Crippen LogP contribution in [0, 0.1) is 5.92 Å². The highest BCUT2D eigenvalue weighted by Crippen LogP contribution is 2.17. The minimum atomic E-state index is -0.530. The lowest BCUT2D eigenvalue weighted by Gasteiger charge is -2.35. The molecule has 2 rings (SSSR count). The summed E-state index contributed by atoms with van der Waals surface area (Å²) in [6.45, 7) is 2.42. The number of piperidine rings is 1. The fraction of sp³-hybridized carbons (Fsp3) is 0.692. The maximum Gasteiger partial charge on any atom is 0.312 e. The number of hydrogen-bond acceptors (Lipinski definition) is 4. The van der Waals surface area contributed by atoms with Gasteiger partial charge in [0.05, 0.1) is 0 Å².